The van der Waals surface area contributed by atoms with E-state index in [0.29, 0.717) is 34.5 Å². The van der Waals surface area contributed by atoms with Gasteiger partial charge in [0.25, 0.3) is 11.8 Å². The molecule has 0 aromatic heterocycles. The molecule has 0 spiro atoms. The summed E-state index contributed by atoms with van der Waals surface area (Å²) in [6.07, 6.45) is 11.3. The Morgan fingerprint density at radius 2 is 0.839 bits per heavy atom. The second kappa shape index (κ2) is 21.6. The summed E-state index contributed by atoms with van der Waals surface area (Å²) in [5.41, 5.74) is 0.966. The molecule has 308 valence electrons. The fourth-order valence-electron chi connectivity index (χ4n) is 7.10. The summed E-state index contributed by atoms with van der Waals surface area (Å²) >= 11 is 0. The highest BCUT2D eigenvalue weighted by Gasteiger charge is 2.34. The number of hydrogen-bond acceptors (Lipinski definition) is 6. The molecule has 2 aromatic carbocycles. The standard InChI is InChI=1S/2C23H34N2O3/c2*1-15(2)19-13-9-7-11-17(5)28-20-14-10-8-12-18(20)23(27)25(6)21(16(3)4)22(26)24-19/h2*7-10,12,14-17,19,21H,11,13H2,1-6H3,(H,24,26)/b9-7+;9-7-/t2*17-,19-,21+/m00/s1. The number of fused-ring (bicyclic) bond motifs is 2. The first-order chi connectivity index (χ1) is 26.4. The molecule has 0 saturated heterocycles. The van der Waals surface area contributed by atoms with Gasteiger partial charge in [-0.25, -0.2) is 0 Å². The summed E-state index contributed by atoms with van der Waals surface area (Å²) in [4.78, 5) is 55.8. The highest BCUT2D eigenvalue weighted by Crippen LogP contribution is 2.26. The number of benzene rings is 2. The van der Waals surface area contributed by atoms with E-state index in [4.69, 9.17) is 9.47 Å². The maximum absolute atomic E-state index is 13.2. The fourth-order valence-corrected chi connectivity index (χ4v) is 7.10. The summed E-state index contributed by atoms with van der Waals surface area (Å²) in [5.74, 6) is 1.05. The van der Waals surface area contributed by atoms with Crippen LogP contribution in [0.4, 0.5) is 0 Å². The number of nitrogens with one attached hydrogen (secondary N) is 2. The lowest BCUT2D eigenvalue weighted by Gasteiger charge is -2.33. The number of rotatable bonds is 4. The van der Waals surface area contributed by atoms with Gasteiger partial charge in [-0.15, -0.1) is 0 Å². The molecule has 0 radical (unpaired) electrons. The van der Waals surface area contributed by atoms with Crippen LogP contribution in [-0.4, -0.2) is 83.9 Å². The second-order valence-corrected chi connectivity index (χ2v) is 16.7. The Bertz CT molecular complexity index is 1540. The van der Waals surface area contributed by atoms with Gasteiger partial charge in [0.1, 0.15) is 23.6 Å². The monoisotopic (exact) mass is 773 g/mol. The van der Waals surface area contributed by atoms with Gasteiger partial charge in [-0.2, -0.15) is 0 Å². The molecular formula is C46H68N4O6. The van der Waals surface area contributed by atoms with Crippen LogP contribution in [0.2, 0.25) is 0 Å². The van der Waals surface area contributed by atoms with Gasteiger partial charge in [0.05, 0.1) is 23.3 Å². The molecule has 2 aliphatic heterocycles. The van der Waals surface area contributed by atoms with E-state index in [1.54, 1.807) is 36.0 Å². The van der Waals surface area contributed by atoms with Crippen molar-refractivity contribution >= 4 is 23.6 Å². The number of para-hydroxylation sites is 2. The van der Waals surface area contributed by atoms with Crippen molar-refractivity contribution in [3.8, 4) is 11.5 Å². The van der Waals surface area contributed by atoms with Gasteiger partial charge in [-0.3, -0.25) is 19.2 Å². The zero-order chi connectivity index (χ0) is 41.7. The van der Waals surface area contributed by atoms with Gasteiger partial charge in [0.2, 0.25) is 11.8 Å². The predicted octanol–water partition coefficient (Wildman–Crippen LogP) is 8.08. The molecule has 4 amide bonds. The zero-order valence-electron chi connectivity index (χ0n) is 35.9. The number of hydrogen-bond donors (Lipinski definition) is 2. The van der Waals surface area contributed by atoms with E-state index in [-0.39, 0.29) is 59.8 Å². The Morgan fingerprint density at radius 3 is 1.16 bits per heavy atom. The predicted molar refractivity (Wildman–Crippen MR) is 225 cm³/mol. The normalized spacial score (nSPS) is 25.7. The highest BCUT2D eigenvalue weighted by molar-refractivity contribution is 6.00. The van der Waals surface area contributed by atoms with Gasteiger partial charge in [-0.1, -0.05) is 104 Å². The van der Waals surface area contributed by atoms with Crippen LogP contribution in [0, 0.1) is 23.7 Å². The molecule has 10 nitrogen and oxygen atoms in total. The van der Waals surface area contributed by atoms with Crippen LogP contribution in [0.15, 0.2) is 72.8 Å². The molecule has 2 aliphatic rings. The van der Waals surface area contributed by atoms with E-state index in [9.17, 15) is 19.2 Å². The van der Waals surface area contributed by atoms with Crippen molar-refractivity contribution < 1.29 is 28.7 Å². The van der Waals surface area contributed by atoms with Crippen molar-refractivity contribution in [2.24, 2.45) is 23.7 Å². The lowest BCUT2D eigenvalue weighted by Crippen LogP contribution is -2.53. The first kappa shape index (κ1) is 45.8. The Morgan fingerprint density at radius 1 is 0.518 bits per heavy atom. The van der Waals surface area contributed by atoms with E-state index >= 15 is 0 Å². The largest absolute Gasteiger partial charge is 0.490 e. The Balaban J connectivity index is 0.000000300. The number of nitrogens with zero attached hydrogens (tertiary/aromatic N) is 2. The molecule has 0 fully saturated rings. The third-order valence-corrected chi connectivity index (χ3v) is 10.5. The average molecular weight is 773 g/mol. The number of likely N-dealkylation sites (N-methyl/N-ethyl adjacent to an activating group) is 2. The van der Waals surface area contributed by atoms with Crippen molar-refractivity contribution in [3.63, 3.8) is 0 Å². The van der Waals surface area contributed by atoms with Crippen LogP contribution in [0.25, 0.3) is 0 Å². The number of ether oxygens (including phenoxy) is 2. The molecule has 0 aliphatic carbocycles. The third-order valence-electron chi connectivity index (χ3n) is 10.5. The summed E-state index contributed by atoms with van der Waals surface area (Å²) < 4.78 is 12.1. The first-order valence-electron chi connectivity index (χ1n) is 20.4. The minimum atomic E-state index is -0.550. The fraction of sp³-hybridized carbons (Fsp3) is 0.565. The lowest BCUT2D eigenvalue weighted by molar-refractivity contribution is -0.128. The highest BCUT2D eigenvalue weighted by atomic mass is 16.5. The Labute approximate surface area is 336 Å². The van der Waals surface area contributed by atoms with E-state index < -0.39 is 12.1 Å². The SMILES string of the molecule is CC(C)[C@@H]1C/C=C/C[C@H](C)Oc2ccccc2C(=O)N(C)[C@H](C(C)C)C(=O)N1.CC(C)[C@@H]1C/C=C\C[C@H](C)Oc2ccccc2C(=O)N(C)[C@H](C(C)C)C(=O)N1. The second-order valence-electron chi connectivity index (χ2n) is 16.7. The molecule has 56 heavy (non-hydrogen) atoms. The summed E-state index contributed by atoms with van der Waals surface area (Å²) in [6, 6.07) is 13.5. The maximum Gasteiger partial charge on any atom is 0.258 e. The summed E-state index contributed by atoms with van der Waals surface area (Å²) in [7, 11) is 3.39. The van der Waals surface area contributed by atoms with Crippen molar-refractivity contribution in [1.29, 1.82) is 0 Å². The minimum Gasteiger partial charge on any atom is -0.490 e. The molecule has 4 rings (SSSR count). The number of carbonyl (C=O) groups excluding carboxylic acids is 4. The van der Waals surface area contributed by atoms with Crippen LogP contribution >= 0.6 is 0 Å². The smallest absolute Gasteiger partial charge is 0.258 e. The molecule has 0 saturated carbocycles. The van der Waals surface area contributed by atoms with E-state index in [1.807, 2.05) is 77.9 Å². The molecule has 10 heteroatoms. The van der Waals surface area contributed by atoms with Crippen molar-refractivity contribution in [3.05, 3.63) is 84.0 Å². The maximum atomic E-state index is 13.2. The van der Waals surface area contributed by atoms with Gasteiger partial charge in [0, 0.05) is 39.0 Å². The van der Waals surface area contributed by atoms with Crippen molar-refractivity contribution in [2.45, 2.75) is 131 Å². The molecule has 0 bridgehead atoms. The van der Waals surface area contributed by atoms with Gasteiger partial charge in [-0.05, 0) is 74.6 Å². The van der Waals surface area contributed by atoms with Crippen LogP contribution in [0.3, 0.4) is 0 Å². The van der Waals surface area contributed by atoms with Crippen molar-refractivity contribution in [2.75, 3.05) is 14.1 Å². The molecular weight excluding hydrogens is 705 g/mol. The Hall–Kier alpha value is -4.60. The lowest BCUT2D eigenvalue weighted by atomic mass is 9.96. The molecule has 2 heterocycles. The van der Waals surface area contributed by atoms with Gasteiger partial charge >= 0.3 is 0 Å². The topological polar surface area (TPSA) is 117 Å². The van der Waals surface area contributed by atoms with Gasteiger partial charge < -0.3 is 29.9 Å². The van der Waals surface area contributed by atoms with Crippen LogP contribution in [0.5, 0.6) is 11.5 Å². The minimum absolute atomic E-state index is 0.0165. The number of carbonyl (C=O) groups is 4. The van der Waals surface area contributed by atoms with E-state index in [1.165, 1.54) is 0 Å². The molecule has 0 unspecified atom stereocenters. The van der Waals surface area contributed by atoms with Crippen molar-refractivity contribution in [1.82, 2.24) is 20.4 Å². The van der Waals surface area contributed by atoms with E-state index in [0.717, 1.165) is 25.7 Å². The summed E-state index contributed by atoms with van der Waals surface area (Å²) in [6.45, 7) is 20.3. The van der Waals surface area contributed by atoms with E-state index in [2.05, 4.69) is 62.6 Å². The summed E-state index contributed by atoms with van der Waals surface area (Å²) in [5, 5.41) is 6.35. The first-order valence-corrected chi connectivity index (χ1v) is 20.4. The van der Waals surface area contributed by atoms with Gasteiger partial charge in [0.15, 0.2) is 0 Å². The van der Waals surface area contributed by atoms with Crippen LogP contribution in [-0.2, 0) is 9.59 Å². The Kier molecular flexibility index (Phi) is 17.7. The zero-order valence-corrected chi connectivity index (χ0v) is 35.9. The molecule has 6 atom stereocenters. The van der Waals surface area contributed by atoms with Crippen LogP contribution < -0.4 is 20.1 Å². The van der Waals surface area contributed by atoms with Crippen LogP contribution in [0.1, 0.15) is 116 Å². The quantitative estimate of drug-likeness (QED) is 0.304. The number of amides is 4. The third kappa shape index (κ3) is 12.7. The average Bonchev–Trinajstić information content (AvgIpc) is 3.13. The molecule has 2 aromatic rings. The molecule has 2 N–H and O–H groups in total.